The molecule has 3 aromatic heterocycles. The number of nitrogens with zero attached hydrogens (tertiary/aromatic N) is 7. The van der Waals surface area contributed by atoms with Crippen molar-refractivity contribution in [3.8, 4) is 16.9 Å². The molecule has 3 saturated heterocycles. The lowest BCUT2D eigenvalue weighted by Crippen LogP contribution is -2.61. The quantitative estimate of drug-likeness (QED) is 0.103. The second kappa shape index (κ2) is 20.8. The molecule has 16 nitrogen and oxygen atoms in total. The molecule has 1 saturated carbocycles. The molecule has 0 radical (unpaired) electrons. The SMILES string of the molecule is Cc1ccc(S(=O)(=O)n2ccc3c(-c4ccc5nc(N6CCC(N7C[C@@H](C)N(C(=O)O)C[C@@H]7C)CC6)nc([C@](COC6CCCCO6)(OC6CC6)c6cccc(OCc7ccccc7)c6)c5c4)cn(C)c(=O)c32)cc1. The highest BCUT2D eigenvalue weighted by molar-refractivity contribution is 7.90. The predicted octanol–water partition coefficient (Wildman–Crippen LogP) is 9.08. The first-order chi connectivity index (χ1) is 36.3. The topological polar surface area (TPSA) is 171 Å². The van der Waals surface area contributed by atoms with Crippen molar-refractivity contribution >= 4 is 43.9 Å². The molecule has 392 valence electrons. The maximum absolute atomic E-state index is 14.3. The average Bonchev–Trinajstić information content (AvgIpc) is 4.14. The van der Waals surface area contributed by atoms with Crippen LogP contribution in [-0.4, -0.2) is 118 Å². The van der Waals surface area contributed by atoms with Gasteiger partial charge in [-0.15, -0.1) is 0 Å². The molecule has 6 heterocycles. The van der Waals surface area contributed by atoms with Crippen LogP contribution in [0.3, 0.4) is 0 Å². The maximum atomic E-state index is 14.3. The molecule has 4 atom stereocenters. The number of anilines is 1. The first kappa shape index (κ1) is 50.5. The van der Waals surface area contributed by atoms with Crippen molar-refractivity contribution in [3.63, 3.8) is 0 Å². The standard InChI is InChI=1S/C58H65N7O9S/c1-38-16-21-47(22-17-38)75(69,70)65-29-26-48-50(35-61(4)55(66)53(48)65)42-18-23-51-49(31-42)54(60-56(59-51)62-27-24-44(25-28-62)63-33-40(3)64(57(67)68)34-39(63)2)58(74-45-19-20-45,37-73-52-15-8-9-30-71-52)43-13-10-14-46(32-43)72-36-41-11-6-5-7-12-41/h5-7,10-14,16-18,21-23,26,29,31-32,35,39-40,44-45,52H,8-9,15,19-20,24-25,27-28,30,33-34,36-37H2,1-4H3,(H,67,68)/t39-,40+,52?,58+/m0/s1. The van der Waals surface area contributed by atoms with Crippen LogP contribution < -0.4 is 15.2 Å². The van der Waals surface area contributed by atoms with Gasteiger partial charge in [0.05, 0.1) is 28.8 Å². The van der Waals surface area contributed by atoms with Crippen molar-refractivity contribution in [2.24, 2.45) is 7.05 Å². The summed E-state index contributed by atoms with van der Waals surface area (Å²) in [6.45, 7) is 9.51. The van der Waals surface area contributed by atoms with Gasteiger partial charge in [-0.1, -0.05) is 66.2 Å². The monoisotopic (exact) mass is 1040 g/mol. The number of hydrogen-bond acceptors (Lipinski definition) is 12. The van der Waals surface area contributed by atoms with Crippen molar-refractivity contribution in [2.75, 3.05) is 44.3 Å². The average molecular weight is 1040 g/mol. The number of benzene rings is 4. The fraction of sp³-hybridized carbons (Fsp3) is 0.414. The lowest BCUT2D eigenvalue weighted by molar-refractivity contribution is -0.197. The number of aryl methyl sites for hydroxylation is 2. The molecule has 4 fully saturated rings. The molecular weight excluding hydrogens is 971 g/mol. The Bertz CT molecular complexity index is 3390. The van der Waals surface area contributed by atoms with E-state index in [9.17, 15) is 23.1 Å². The Morgan fingerprint density at radius 3 is 2.37 bits per heavy atom. The van der Waals surface area contributed by atoms with Crippen molar-refractivity contribution in [2.45, 2.75) is 113 Å². The van der Waals surface area contributed by atoms with Gasteiger partial charge < -0.3 is 38.4 Å². The zero-order chi connectivity index (χ0) is 52.0. The summed E-state index contributed by atoms with van der Waals surface area (Å²) in [6.07, 6.45) is 7.85. The van der Waals surface area contributed by atoms with Gasteiger partial charge in [0.25, 0.3) is 15.6 Å². The van der Waals surface area contributed by atoms with E-state index >= 15 is 0 Å². The molecule has 17 heteroatoms. The minimum Gasteiger partial charge on any atom is -0.489 e. The number of carboxylic acid groups (broad SMARTS) is 1. The summed E-state index contributed by atoms with van der Waals surface area (Å²) in [5.74, 6) is 1.21. The highest BCUT2D eigenvalue weighted by atomic mass is 32.2. The molecule has 4 aliphatic rings. The molecule has 1 aliphatic carbocycles. The van der Waals surface area contributed by atoms with Crippen LogP contribution in [0.4, 0.5) is 10.7 Å². The molecule has 7 aromatic rings. The second-order valence-corrected chi connectivity index (χ2v) is 22.7. The molecule has 11 rings (SSSR count). The summed E-state index contributed by atoms with van der Waals surface area (Å²) in [7, 11) is -2.51. The molecule has 1 N–H and O–H groups in total. The van der Waals surface area contributed by atoms with Gasteiger partial charge in [-0.3, -0.25) is 9.69 Å². The van der Waals surface area contributed by atoms with E-state index in [2.05, 4.69) is 16.7 Å². The van der Waals surface area contributed by atoms with Gasteiger partial charge in [0, 0.05) is 86.7 Å². The van der Waals surface area contributed by atoms with Gasteiger partial charge in [-0.05, 0) is 125 Å². The first-order valence-electron chi connectivity index (χ1n) is 26.3. The van der Waals surface area contributed by atoms with Crippen LogP contribution in [0.25, 0.3) is 32.9 Å². The zero-order valence-electron chi connectivity index (χ0n) is 43.0. The van der Waals surface area contributed by atoms with Crippen molar-refractivity contribution < 1.29 is 37.3 Å². The summed E-state index contributed by atoms with van der Waals surface area (Å²) < 4.78 is 58.1. The number of carbonyl (C=O) groups is 1. The van der Waals surface area contributed by atoms with Crippen molar-refractivity contribution in [1.82, 2.24) is 28.3 Å². The summed E-state index contributed by atoms with van der Waals surface area (Å²) in [5, 5.41) is 11.0. The highest BCUT2D eigenvalue weighted by Gasteiger charge is 2.46. The van der Waals surface area contributed by atoms with Crippen LogP contribution in [0.15, 0.2) is 125 Å². The van der Waals surface area contributed by atoms with E-state index < -0.39 is 33.6 Å². The maximum Gasteiger partial charge on any atom is 0.407 e. The van der Waals surface area contributed by atoms with Crippen LogP contribution in [0, 0.1) is 6.92 Å². The van der Waals surface area contributed by atoms with Crippen LogP contribution in [0.1, 0.15) is 81.2 Å². The predicted molar refractivity (Wildman–Crippen MR) is 287 cm³/mol. The highest BCUT2D eigenvalue weighted by Crippen LogP contribution is 2.45. The van der Waals surface area contributed by atoms with Gasteiger partial charge in [0.1, 0.15) is 17.9 Å². The van der Waals surface area contributed by atoms with E-state index in [4.69, 9.17) is 28.9 Å². The lowest BCUT2D eigenvalue weighted by Gasteiger charge is -2.48. The van der Waals surface area contributed by atoms with E-state index in [0.717, 1.165) is 71.2 Å². The Balaban J connectivity index is 1.06. The summed E-state index contributed by atoms with van der Waals surface area (Å²) in [4.78, 5) is 43.5. The normalized spacial score (nSPS) is 20.9. The van der Waals surface area contributed by atoms with E-state index in [1.807, 2.05) is 86.6 Å². The molecule has 75 heavy (non-hydrogen) atoms. The van der Waals surface area contributed by atoms with Crippen molar-refractivity contribution in [3.05, 3.63) is 148 Å². The number of ether oxygens (including phenoxy) is 4. The van der Waals surface area contributed by atoms with Gasteiger partial charge in [-0.25, -0.2) is 27.2 Å². The second-order valence-electron chi connectivity index (χ2n) is 20.9. The Labute approximate surface area is 437 Å². The van der Waals surface area contributed by atoms with Gasteiger partial charge in [0.2, 0.25) is 5.95 Å². The number of pyridine rings is 1. The summed E-state index contributed by atoms with van der Waals surface area (Å²) >= 11 is 0. The summed E-state index contributed by atoms with van der Waals surface area (Å²) in [6, 6.07) is 32.5. The number of aromatic nitrogens is 4. The number of piperazine rings is 1. The minimum atomic E-state index is -4.15. The summed E-state index contributed by atoms with van der Waals surface area (Å²) in [5.41, 5.74) is 3.64. The number of fused-ring (bicyclic) bond motifs is 2. The fourth-order valence-corrected chi connectivity index (χ4v) is 12.5. The van der Waals surface area contributed by atoms with E-state index in [1.54, 1.807) is 48.5 Å². The molecule has 0 bridgehead atoms. The molecular formula is C58H65N7O9S. The smallest absolute Gasteiger partial charge is 0.407 e. The van der Waals surface area contributed by atoms with Crippen LogP contribution >= 0.6 is 0 Å². The Morgan fingerprint density at radius 2 is 1.64 bits per heavy atom. The van der Waals surface area contributed by atoms with Gasteiger partial charge in [-0.2, -0.15) is 0 Å². The Hall–Kier alpha value is -6.63. The van der Waals surface area contributed by atoms with E-state index in [-0.39, 0.29) is 41.2 Å². The molecule has 4 aromatic carbocycles. The Kier molecular flexibility index (Phi) is 14.0. The first-order valence-corrected chi connectivity index (χ1v) is 27.7. The van der Waals surface area contributed by atoms with Crippen LogP contribution in [-0.2, 0) is 43.5 Å². The molecule has 0 spiro atoms. The minimum absolute atomic E-state index is 0.0399. The third-order valence-electron chi connectivity index (χ3n) is 15.5. The number of hydrogen-bond donors (Lipinski definition) is 1. The fourth-order valence-electron chi connectivity index (χ4n) is 11.2. The Morgan fingerprint density at radius 1 is 0.853 bits per heavy atom. The molecule has 1 amide bonds. The van der Waals surface area contributed by atoms with Crippen LogP contribution in [0.2, 0.25) is 0 Å². The molecule has 3 aliphatic heterocycles. The molecule has 1 unspecified atom stereocenters. The van der Waals surface area contributed by atoms with Crippen LogP contribution in [0.5, 0.6) is 5.75 Å². The van der Waals surface area contributed by atoms with E-state index in [1.165, 1.54) is 10.8 Å². The van der Waals surface area contributed by atoms with Crippen molar-refractivity contribution in [1.29, 1.82) is 0 Å². The van der Waals surface area contributed by atoms with E-state index in [0.29, 0.717) is 78.6 Å². The van der Waals surface area contributed by atoms with Gasteiger partial charge in [0.15, 0.2) is 11.9 Å². The third kappa shape index (κ3) is 10.2. The number of amides is 1. The number of piperidine rings is 1. The third-order valence-corrected chi connectivity index (χ3v) is 17.2. The number of rotatable bonds is 15. The largest absolute Gasteiger partial charge is 0.489 e. The lowest BCUT2D eigenvalue weighted by atomic mass is 9.87. The van der Waals surface area contributed by atoms with Gasteiger partial charge >= 0.3 is 6.09 Å². The zero-order valence-corrected chi connectivity index (χ0v) is 43.8.